The number of aromatic nitrogens is 2. The van der Waals surface area contributed by atoms with Crippen molar-refractivity contribution in [1.29, 1.82) is 0 Å². The molecule has 0 spiro atoms. The van der Waals surface area contributed by atoms with Crippen LogP contribution in [0, 0.1) is 0 Å². The predicted molar refractivity (Wildman–Crippen MR) is 87.8 cm³/mol. The van der Waals surface area contributed by atoms with Gasteiger partial charge < -0.3 is 14.8 Å². The molecular weight excluding hydrogens is 314 g/mol. The van der Waals surface area contributed by atoms with E-state index in [-0.39, 0.29) is 5.91 Å². The molecule has 1 unspecified atom stereocenters. The van der Waals surface area contributed by atoms with Crippen molar-refractivity contribution in [1.82, 2.24) is 15.1 Å². The number of methoxy groups -OCH3 is 1. The maximum atomic E-state index is 12.3. The van der Waals surface area contributed by atoms with E-state index in [2.05, 4.69) is 21.9 Å². The molecule has 0 aliphatic carbocycles. The number of hydrogen-bond acceptors (Lipinski definition) is 5. The number of hydrogen-bond donors (Lipinski definition) is 1. The number of carbonyl (C=O) groups is 1. The fraction of sp³-hybridized carbons (Fsp3) is 0.500. The zero-order valence-electron chi connectivity index (χ0n) is 13.4. The van der Waals surface area contributed by atoms with Crippen molar-refractivity contribution >= 4 is 17.2 Å². The molecule has 124 valence electrons. The number of nitrogens with zero attached hydrogens (tertiary/aromatic N) is 2. The zero-order chi connectivity index (χ0) is 16.3. The Labute approximate surface area is 139 Å². The summed E-state index contributed by atoms with van der Waals surface area (Å²) in [5.41, 5.74) is 1.12. The van der Waals surface area contributed by atoms with Gasteiger partial charge in [0.05, 0.1) is 26.3 Å². The number of ether oxygens (including phenoxy) is 2. The molecule has 0 saturated carbocycles. The Kier molecular flexibility index (Phi) is 4.79. The van der Waals surface area contributed by atoms with Gasteiger partial charge in [0.1, 0.15) is 11.3 Å². The van der Waals surface area contributed by atoms with Crippen molar-refractivity contribution in [3.63, 3.8) is 0 Å². The van der Waals surface area contributed by atoms with Crippen LogP contribution in [-0.4, -0.2) is 42.6 Å². The first kappa shape index (κ1) is 16.2. The van der Waals surface area contributed by atoms with Crippen LogP contribution in [0.25, 0.3) is 0 Å². The number of fused-ring (bicyclic) bond motifs is 1. The predicted octanol–water partition coefficient (Wildman–Crippen LogP) is 1.81. The Balaban J connectivity index is 1.62. The number of nitrogens with one attached hydrogen (secondary N) is 1. The molecule has 2 aromatic heterocycles. The third kappa shape index (κ3) is 3.46. The van der Waals surface area contributed by atoms with Crippen LogP contribution in [0.1, 0.15) is 27.9 Å². The molecule has 0 radical (unpaired) electrons. The van der Waals surface area contributed by atoms with Gasteiger partial charge in [-0.2, -0.15) is 5.10 Å². The number of amides is 1. The van der Waals surface area contributed by atoms with E-state index in [9.17, 15) is 4.79 Å². The van der Waals surface area contributed by atoms with Crippen LogP contribution in [0.2, 0.25) is 0 Å². The minimum absolute atomic E-state index is 0.187. The highest BCUT2D eigenvalue weighted by atomic mass is 32.1. The molecule has 6 nitrogen and oxygen atoms in total. The third-order valence-corrected chi connectivity index (χ3v) is 5.03. The molecule has 7 heteroatoms. The summed E-state index contributed by atoms with van der Waals surface area (Å²) in [4.78, 5) is 13.6. The maximum absolute atomic E-state index is 12.3. The van der Waals surface area contributed by atoms with Gasteiger partial charge in [-0.25, -0.2) is 0 Å². The topological polar surface area (TPSA) is 65.4 Å². The van der Waals surface area contributed by atoms with Crippen molar-refractivity contribution in [3.8, 4) is 0 Å². The number of rotatable bonds is 6. The zero-order valence-corrected chi connectivity index (χ0v) is 14.2. The van der Waals surface area contributed by atoms with Gasteiger partial charge in [-0.05, 0) is 30.0 Å². The molecule has 0 fully saturated rings. The average molecular weight is 335 g/mol. The van der Waals surface area contributed by atoms with Gasteiger partial charge in [-0.15, -0.1) is 11.3 Å². The van der Waals surface area contributed by atoms with E-state index in [0.717, 1.165) is 6.42 Å². The van der Waals surface area contributed by atoms with Crippen LogP contribution in [0.15, 0.2) is 23.7 Å². The Morgan fingerprint density at radius 2 is 2.43 bits per heavy atom. The largest absolute Gasteiger partial charge is 0.383 e. The summed E-state index contributed by atoms with van der Waals surface area (Å²) in [7, 11) is 1.64. The van der Waals surface area contributed by atoms with Crippen LogP contribution in [-0.2, 0) is 28.0 Å². The van der Waals surface area contributed by atoms with Gasteiger partial charge in [-0.3, -0.25) is 9.48 Å². The van der Waals surface area contributed by atoms with Gasteiger partial charge in [0.2, 0.25) is 0 Å². The first-order valence-electron chi connectivity index (χ1n) is 7.64. The smallest absolute Gasteiger partial charge is 0.271 e. The molecule has 23 heavy (non-hydrogen) atoms. The lowest BCUT2D eigenvalue weighted by Gasteiger charge is -2.34. The highest BCUT2D eigenvalue weighted by Crippen LogP contribution is 2.35. The first-order valence-corrected chi connectivity index (χ1v) is 8.52. The van der Waals surface area contributed by atoms with E-state index < -0.39 is 5.60 Å². The highest BCUT2D eigenvalue weighted by molar-refractivity contribution is 7.10. The average Bonchev–Trinajstić information content (AvgIpc) is 3.20. The number of thiophene rings is 1. The molecule has 0 aromatic carbocycles. The lowest BCUT2D eigenvalue weighted by atomic mass is 9.93. The van der Waals surface area contributed by atoms with E-state index in [1.54, 1.807) is 35.4 Å². The van der Waals surface area contributed by atoms with Crippen molar-refractivity contribution in [2.75, 3.05) is 26.9 Å². The monoisotopic (exact) mass is 335 g/mol. The van der Waals surface area contributed by atoms with Crippen molar-refractivity contribution in [2.45, 2.75) is 25.5 Å². The van der Waals surface area contributed by atoms with Crippen LogP contribution in [0.5, 0.6) is 0 Å². The van der Waals surface area contributed by atoms with Gasteiger partial charge >= 0.3 is 0 Å². The van der Waals surface area contributed by atoms with E-state index in [0.29, 0.717) is 32.0 Å². The van der Waals surface area contributed by atoms with Gasteiger partial charge in [-0.1, -0.05) is 0 Å². The minimum atomic E-state index is -0.470. The Hall–Kier alpha value is -1.70. The second-order valence-corrected chi connectivity index (χ2v) is 6.73. The maximum Gasteiger partial charge on any atom is 0.271 e. The summed E-state index contributed by atoms with van der Waals surface area (Å²) >= 11 is 1.75. The molecule has 3 rings (SSSR count). The van der Waals surface area contributed by atoms with E-state index in [4.69, 9.17) is 9.47 Å². The van der Waals surface area contributed by atoms with E-state index in [1.807, 2.05) is 6.92 Å². The lowest BCUT2D eigenvalue weighted by molar-refractivity contribution is -0.0426. The molecule has 1 aliphatic rings. The van der Waals surface area contributed by atoms with Gasteiger partial charge in [0.15, 0.2) is 0 Å². The Bertz CT molecular complexity index is 682. The molecule has 1 N–H and O–H groups in total. The van der Waals surface area contributed by atoms with E-state index in [1.165, 1.54) is 10.4 Å². The van der Waals surface area contributed by atoms with E-state index >= 15 is 0 Å². The second-order valence-electron chi connectivity index (χ2n) is 5.73. The lowest BCUT2D eigenvalue weighted by Crippen LogP contribution is -2.43. The normalized spacial score (nSPS) is 20.3. The third-order valence-electron chi connectivity index (χ3n) is 4.05. The molecule has 1 amide bonds. The van der Waals surface area contributed by atoms with Crippen molar-refractivity contribution in [3.05, 3.63) is 39.8 Å². The minimum Gasteiger partial charge on any atom is -0.383 e. The number of carbonyl (C=O) groups excluding carboxylic acids is 1. The SMILES string of the molecule is COCCn1ccc(C(=O)NCC2(C)OCCc3sccc32)n1. The second kappa shape index (κ2) is 6.82. The van der Waals surface area contributed by atoms with Gasteiger partial charge in [0.25, 0.3) is 5.91 Å². The van der Waals surface area contributed by atoms with Crippen molar-refractivity contribution < 1.29 is 14.3 Å². The fourth-order valence-electron chi connectivity index (χ4n) is 2.73. The summed E-state index contributed by atoms with van der Waals surface area (Å²) in [5, 5.41) is 9.28. The molecule has 2 aromatic rings. The molecule has 1 aliphatic heterocycles. The van der Waals surface area contributed by atoms with Crippen LogP contribution >= 0.6 is 11.3 Å². The summed E-state index contributed by atoms with van der Waals surface area (Å²) in [5.74, 6) is -0.187. The standard InChI is InChI=1S/C16H21N3O3S/c1-16(12-5-10-23-14(12)4-8-22-16)11-17-15(20)13-3-6-19(18-13)7-9-21-2/h3,5-6,10H,4,7-9,11H2,1-2H3,(H,17,20). The Morgan fingerprint density at radius 3 is 3.26 bits per heavy atom. The summed E-state index contributed by atoms with van der Waals surface area (Å²) in [6, 6.07) is 3.80. The summed E-state index contributed by atoms with van der Waals surface area (Å²) in [6.07, 6.45) is 2.73. The molecule has 0 bridgehead atoms. The highest BCUT2D eigenvalue weighted by Gasteiger charge is 2.34. The quantitative estimate of drug-likeness (QED) is 0.874. The molecule has 0 saturated heterocycles. The molecule has 1 atom stereocenters. The fourth-order valence-corrected chi connectivity index (χ4v) is 3.71. The van der Waals surface area contributed by atoms with Crippen LogP contribution in [0.3, 0.4) is 0 Å². The van der Waals surface area contributed by atoms with Gasteiger partial charge in [0, 0.05) is 24.6 Å². The summed E-state index contributed by atoms with van der Waals surface area (Å²) < 4.78 is 12.7. The summed E-state index contributed by atoms with van der Waals surface area (Å²) in [6.45, 7) is 4.33. The van der Waals surface area contributed by atoms with Crippen LogP contribution < -0.4 is 5.32 Å². The van der Waals surface area contributed by atoms with Crippen molar-refractivity contribution in [2.24, 2.45) is 0 Å². The van der Waals surface area contributed by atoms with Crippen LogP contribution in [0.4, 0.5) is 0 Å². The first-order chi connectivity index (χ1) is 11.1. The molecule has 3 heterocycles. The molecular formula is C16H21N3O3S. The Morgan fingerprint density at radius 1 is 1.57 bits per heavy atom.